The van der Waals surface area contributed by atoms with Gasteiger partial charge in [0.15, 0.2) is 0 Å². The number of rotatable bonds is 1. The molecule has 0 radical (unpaired) electrons. The van der Waals surface area contributed by atoms with Gasteiger partial charge in [0.05, 0.1) is 5.92 Å². The lowest BCUT2D eigenvalue weighted by Gasteiger charge is -2.36. The van der Waals surface area contributed by atoms with E-state index in [1.54, 1.807) is 0 Å². The number of hydrogen-bond donors (Lipinski definition) is 0. The van der Waals surface area contributed by atoms with Gasteiger partial charge in [-0.25, -0.2) is 8.78 Å². The highest BCUT2D eigenvalue weighted by molar-refractivity contribution is 5.12. The summed E-state index contributed by atoms with van der Waals surface area (Å²) >= 11 is 0. The Balaban J connectivity index is 1.46. The molecule has 0 aliphatic heterocycles. The molecule has 0 aromatic rings. The van der Waals surface area contributed by atoms with Crippen LogP contribution < -0.4 is 0 Å². The molecule has 3 saturated carbocycles. The van der Waals surface area contributed by atoms with Crippen LogP contribution >= 0.6 is 0 Å². The van der Waals surface area contributed by atoms with E-state index in [0.717, 1.165) is 30.6 Å². The summed E-state index contributed by atoms with van der Waals surface area (Å²) in [4.78, 5) is 0. The van der Waals surface area contributed by atoms with Gasteiger partial charge in [0.25, 0.3) is 0 Å². The summed E-state index contributed by atoms with van der Waals surface area (Å²) in [6.45, 7) is 4.20. The zero-order valence-corrected chi connectivity index (χ0v) is 15.4. The van der Waals surface area contributed by atoms with Gasteiger partial charge in [0.2, 0.25) is 0 Å². The molecule has 3 aliphatic rings. The third kappa shape index (κ3) is 4.33. The molecule has 0 bridgehead atoms. The zero-order valence-electron chi connectivity index (χ0n) is 15.4. The SMILES string of the molecule is CC1CCC(C2CCC(C#CC3CCC(C)C(F)C3F)CC2)CC1. The normalized spacial score (nSPS) is 46.8. The Morgan fingerprint density at radius 3 is 1.83 bits per heavy atom. The molecule has 0 spiro atoms. The van der Waals surface area contributed by atoms with Crippen molar-refractivity contribution >= 4 is 0 Å². The summed E-state index contributed by atoms with van der Waals surface area (Å²) in [7, 11) is 0. The van der Waals surface area contributed by atoms with Crippen molar-refractivity contribution in [1.29, 1.82) is 0 Å². The van der Waals surface area contributed by atoms with Crippen LogP contribution in [0.4, 0.5) is 8.78 Å². The molecule has 4 atom stereocenters. The molecule has 0 nitrogen and oxygen atoms in total. The van der Waals surface area contributed by atoms with Crippen molar-refractivity contribution in [2.45, 2.75) is 90.4 Å². The molecule has 4 unspecified atom stereocenters. The van der Waals surface area contributed by atoms with Crippen molar-refractivity contribution in [2.75, 3.05) is 0 Å². The van der Waals surface area contributed by atoms with Crippen LogP contribution in [0.15, 0.2) is 0 Å². The van der Waals surface area contributed by atoms with Crippen molar-refractivity contribution in [3.8, 4) is 11.8 Å². The second-order valence-corrected chi connectivity index (χ2v) is 8.97. The summed E-state index contributed by atoms with van der Waals surface area (Å²) < 4.78 is 27.9. The van der Waals surface area contributed by atoms with Crippen molar-refractivity contribution in [3.63, 3.8) is 0 Å². The highest BCUT2D eigenvalue weighted by Gasteiger charge is 2.37. The third-order valence-corrected chi connectivity index (χ3v) is 7.14. The van der Waals surface area contributed by atoms with Crippen LogP contribution in [0.1, 0.15) is 78.1 Å². The van der Waals surface area contributed by atoms with Gasteiger partial charge in [-0.3, -0.25) is 0 Å². The smallest absolute Gasteiger partial charge is 0.145 e. The zero-order chi connectivity index (χ0) is 17.1. The number of halogens is 2. The molecule has 0 heterocycles. The van der Waals surface area contributed by atoms with Crippen LogP contribution in [-0.4, -0.2) is 12.3 Å². The predicted molar refractivity (Wildman–Crippen MR) is 96.0 cm³/mol. The quantitative estimate of drug-likeness (QED) is 0.490. The van der Waals surface area contributed by atoms with Crippen molar-refractivity contribution < 1.29 is 8.78 Å². The molecular formula is C22H34F2. The first kappa shape index (κ1) is 18.2. The van der Waals surface area contributed by atoms with Crippen LogP contribution in [0.3, 0.4) is 0 Å². The Labute approximate surface area is 147 Å². The van der Waals surface area contributed by atoms with Gasteiger partial charge < -0.3 is 0 Å². The lowest BCUT2D eigenvalue weighted by molar-refractivity contribution is 0.0499. The van der Waals surface area contributed by atoms with E-state index in [1.165, 1.54) is 51.4 Å². The Hall–Kier alpha value is -0.580. The maximum absolute atomic E-state index is 14.1. The van der Waals surface area contributed by atoms with Crippen LogP contribution in [-0.2, 0) is 0 Å². The lowest BCUT2D eigenvalue weighted by Crippen LogP contribution is -2.36. The van der Waals surface area contributed by atoms with E-state index in [4.69, 9.17) is 0 Å². The minimum atomic E-state index is -1.37. The van der Waals surface area contributed by atoms with E-state index in [9.17, 15) is 8.78 Å². The van der Waals surface area contributed by atoms with Crippen LogP contribution in [0.25, 0.3) is 0 Å². The van der Waals surface area contributed by atoms with E-state index in [0.29, 0.717) is 5.92 Å². The van der Waals surface area contributed by atoms with E-state index in [2.05, 4.69) is 18.8 Å². The first-order valence-electron chi connectivity index (χ1n) is 10.3. The number of alkyl halides is 2. The summed E-state index contributed by atoms with van der Waals surface area (Å²) in [5, 5.41) is 0. The molecule has 136 valence electrons. The largest absolute Gasteiger partial charge is 0.244 e. The molecule has 0 N–H and O–H groups in total. The van der Waals surface area contributed by atoms with Crippen LogP contribution in [0.2, 0.25) is 0 Å². The maximum atomic E-state index is 14.1. The van der Waals surface area contributed by atoms with Crippen LogP contribution in [0.5, 0.6) is 0 Å². The summed E-state index contributed by atoms with van der Waals surface area (Å²) in [6, 6.07) is 0. The molecule has 3 fully saturated rings. The van der Waals surface area contributed by atoms with Crippen molar-refractivity contribution in [3.05, 3.63) is 0 Å². The van der Waals surface area contributed by atoms with Gasteiger partial charge in [-0.05, 0) is 75.0 Å². The fourth-order valence-corrected chi connectivity index (χ4v) is 5.17. The van der Waals surface area contributed by atoms with Gasteiger partial charge in [-0.1, -0.05) is 38.5 Å². The Kier molecular flexibility index (Phi) is 6.22. The first-order chi connectivity index (χ1) is 11.5. The van der Waals surface area contributed by atoms with E-state index >= 15 is 0 Å². The Morgan fingerprint density at radius 2 is 1.21 bits per heavy atom. The van der Waals surface area contributed by atoms with E-state index in [1.807, 2.05) is 6.92 Å². The van der Waals surface area contributed by atoms with E-state index < -0.39 is 12.3 Å². The standard InChI is InChI=1S/C22H34F2/c1-15-3-9-18(10-4-15)19-12-6-17(7-13-19)8-14-20-11-5-16(2)21(23)22(20)24/h15-22H,3-7,9-13H2,1-2H3. The molecule has 24 heavy (non-hydrogen) atoms. The minimum Gasteiger partial charge on any atom is -0.244 e. The second kappa shape index (κ2) is 8.20. The molecule has 0 saturated heterocycles. The molecule has 3 aliphatic carbocycles. The molecule has 3 rings (SSSR count). The molecule has 0 aromatic carbocycles. The molecule has 2 heteroatoms. The summed E-state index contributed by atoms with van der Waals surface area (Å²) in [6.07, 6.45) is 9.40. The van der Waals surface area contributed by atoms with Gasteiger partial charge in [0.1, 0.15) is 12.3 Å². The van der Waals surface area contributed by atoms with Gasteiger partial charge >= 0.3 is 0 Å². The van der Waals surface area contributed by atoms with Gasteiger partial charge in [-0.2, -0.15) is 0 Å². The Morgan fingerprint density at radius 1 is 0.625 bits per heavy atom. The molecule has 0 aromatic heterocycles. The third-order valence-electron chi connectivity index (χ3n) is 7.14. The monoisotopic (exact) mass is 336 g/mol. The fraction of sp³-hybridized carbons (Fsp3) is 0.909. The predicted octanol–water partition coefficient (Wildman–Crippen LogP) is 6.34. The van der Waals surface area contributed by atoms with Crippen molar-refractivity contribution in [1.82, 2.24) is 0 Å². The first-order valence-corrected chi connectivity index (χ1v) is 10.3. The van der Waals surface area contributed by atoms with Crippen LogP contribution in [0, 0.1) is 47.3 Å². The molecular weight excluding hydrogens is 302 g/mol. The average Bonchev–Trinajstić information content (AvgIpc) is 2.60. The average molecular weight is 337 g/mol. The second-order valence-electron chi connectivity index (χ2n) is 8.97. The lowest BCUT2D eigenvalue weighted by atomic mass is 9.69. The summed E-state index contributed by atoms with van der Waals surface area (Å²) in [5.41, 5.74) is 0. The topological polar surface area (TPSA) is 0 Å². The maximum Gasteiger partial charge on any atom is 0.145 e. The Bertz CT molecular complexity index is 446. The highest BCUT2D eigenvalue weighted by Crippen LogP contribution is 2.41. The van der Waals surface area contributed by atoms with Gasteiger partial charge in [0, 0.05) is 5.92 Å². The van der Waals surface area contributed by atoms with Gasteiger partial charge in [-0.15, -0.1) is 0 Å². The minimum absolute atomic E-state index is 0.147. The van der Waals surface area contributed by atoms with E-state index in [-0.39, 0.29) is 11.8 Å². The van der Waals surface area contributed by atoms with Crippen molar-refractivity contribution in [2.24, 2.45) is 35.5 Å². The fourth-order valence-electron chi connectivity index (χ4n) is 5.17. The summed E-state index contributed by atoms with van der Waals surface area (Å²) in [5.74, 6) is 9.14. The molecule has 0 amide bonds. The number of hydrogen-bond acceptors (Lipinski definition) is 0. The highest BCUT2D eigenvalue weighted by atomic mass is 19.2.